The lowest BCUT2D eigenvalue weighted by Gasteiger charge is -2.17. The van der Waals surface area contributed by atoms with Gasteiger partial charge in [0.1, 0.15) is 0 Å². The van der Waals surface area contributed by atoms with Crippen molar-refractivity contribution in [1.29, 1.82) is 0 Å². The normalized spacial score (nSPS) is 12.6. The molecule has 0 aliphatic rings. The Labute approximate surface area is 114 Å². The maximum Gasteiger partial charge on any atom is 0.243 e. The summed E-state index contributed by atoms with van der Waals surface area (Å²) in [4.78, 5) is 1.32. The van der Waals surface area contributed by atoms with Crippen LogP contribution in [0.1, 0.15) is 32.1 Å². The molecule has 0 radical (unpaired) electrons. The first kappa shape index (κ1) is 15.6. The van der Waals surface area contributed by atoms with Crippen molar-refractivity contribution in [2.45, 2.75) is 44.7 Å². The molecule has 6 heteroatoms. The first-order valence-electron chi connectivity index (χ1n) is 6.15. The molecular weight excluding hydrogens is 268 g/mol. The molecule has 0 atom stereocenters. The Balaban J connectivity index is 2.92. The Morgan fingerprint density at radius 1 is 1.44 bits per heavy atom. The van der Waals surface area contributed by atoms with E-state index in [0.29, 0.717) is 24.0 Å². The van der Waals surface area contributed by atoms with Gasteiger partial charge in [-0.15, -0.1) is 11.3 Å². The molecule has 1 aromatic heterocycles. The summed E-state index contributed by atoms with van der Waals surface area (Å²) in [6.07, 6.45) is 0.819. The van der Waals surface area contributed by atoms with Crippen molar-refractivity contribution in [2.24, 2.45) is 0 Å². The average Bonchev–Trinajstić information content (AvgIpc) is 2.75. The van der Waals surface area contributed by atoms with Crippen LogP contribution in [0.3, 0.4) is 0 Å². The molecule has 18 heavy (non-hydrogen) atoms. The van der Waals surface area contributed by atoms with Gasteiger partial charge >= 0.3 is 0 Å². The molecular formula is C12H22N2O2S2. The van der Waals surface area contributed by atoms with E-state index in [-0.39, 0.29) is 0 Å². The summed E-state index contributed by atoms with van der Waals surface area (Å²) in [5, 5.41) is 5.10. The fourth-order valence-corrected chi connectivity index (χ4v) is 4.21. The summed E-state index contributed by atoms with van der Waals surface area (Å²) < 4.78 is 26.1. The van der Waals surface area contributed by atoms with E-state index in [1.165, 1.54) is 15.6 Å². The van der Waals surface area contributed by atoms with Crippen LogP contribution in [0.4, 0.5) is 0 Å². The fourth-order valence-electron chi connectivity index (χ4n) is 1.59. The van der Waals surface area contributed by atoms with E-state index in [2.05, 4.69) is 5.32 Å². The van der Waals surface area contributed by atoms with Gasteiger partial charge in [-0.1, -0.05) is 20.8 Å². The third-order valence-corrected chi connectivity index (χ3v) is 5.59. The number of nitrogens with zero attached hydrogens (tertiary/aromatic N) is 1. The first-order valence-corrected chi connectivity index (χ1v) is 8.47. The van der Waals surface area contributed by atoms with Gasteiger partial charge in [-0.25, -0.2) is 12.7 Å². The van der Waals surface area contributed by atoms with Gasteiger partial charge in [0, 0.05) is 31.1 Å². The summed E-state index contributed by atoms with van der Waals surface area (Å²) in [6, 6.07) is 2.04. The minimum absolute atomic E-state index is 0.344. The first-order chi connectivity index (χ1) is 8.39. The molecule has 0 unspecified atom stereocenters. The highest BCUT2D eigenvalue weighted by atomic mass is 32.2. The summed E-state index contributed by atoms with van der Waals surface area (Å²) in [5.74, 6) is 0. The zero-order chi connectivity index (χ0) is 13.8. The Morgan fingerprint density at radius 3 is 2.67 bits per heavy atom. The second-order valence-electron chi connectivity index (χ2n) is 4.57. The van der Waals surface area contributed by atoms with Crippen LogP contribution in [0.25, 0.3) is 0 Å². The largest absolute Gasteiger partial charge is 0.310 e. The van der Waals surface area contributed by atoms with Crippen LogP contribution < -0.4 is 5.32 Å². The predicted octanol–water partition coefficient (Wildman–Crippen LogP) is 2.28. The molecule has 4 nitrogen and oxygen atoms in total. The highest BCUT2D eigenvalue weighted by Crippen LogP contribution is 2.24. The van der Waals surface area contributed by atoms with Crippen LogP contribution in [0.5, 0.6) is 0 Å². The van der Waals surface area contributed by atoms with Gasteiger partial charge in [0.15, 0.2) is 0 Å². The van der Waals surface area contributed by atoms with Crippen molar-refractivity contribution in [3.63, 3.8) is 0 Å². The second kappa shape index (κ2) is 6.65. The molecule has 0 aromatic carbocycles. The van der Waals surface area contributed by atoms with Crippen molar-refractivity contribution in [1.82, 2.24) is 9.62 Å². The third kappa shape index (κ3) is 3.78. The lowest BCUT2D eigenvalue weighted by Crippen LogP contribution is -2.29. The predicted molar refractivity (Wildman–Crippen MR) is 76.4 cm³/mol. The molecule has 0 amide bonds. The Morgan fingerprint density at radius 2 is 2.11 bits per heavy atom. The minimum Gasteiger partial charge on any atom is -0.310 e. The topological polar surface area (TPSA) is 49.4 Å². The molecule has 0 bridgehead atoms. The van der Waals surface area contributed by atoms with Gasteiger partial charge in [0.05, 0.1) is 4.90 Å². The van der Waals surface area contributed by atoms with E-state index in [4.69, 9.17) is 0 Å². The molecule has 0 saturated carbocycles. The van der Waals surface area contributed by atoms with Gasteiger partial charge in [0.25, 0.3) is 0 Å². The number of rotatable bonds is 7. The Hall–Kier alpha value is -0.430. The lowest BCUT2D eigenvalue weighted by molar-refractivity contribution is 0.467. The quantitative estimate of drug-likeness (QED) is 0.838. The molecule has 1 N–H and O–H groups in total. The SMILES string of the molecule is CCCN(C)S(=O)(=O)c1ccsc1CNC(C)C. The van der Waals surface area contributed by atoms with Gasteiger partial charge < -0.3 is 5.32 Å². The van der Waals surface area contributed by atoms with E-state index in [9.17, 15) is 8.42 Å². The van der Waals surface area contributed by atoms with E-state index in [1.54, 1.807) is 13.1 Å². The highest BCUT2D eigenvalue weighted by molar-refractivity contribution is 7.89. The number of thiophene rings is 1. The van der Waals surface area contributed by atoms with Crippen molar-refractivity contribution >= 4 is 21.4 Å². The summed E-state index contributed by atoms with van der Waals surface area (Å²) in [5.41, 5.74) is 0. The summed E-state index contributed by atoms with van der Waals surface area (Å²) in [6.45, 7) is 7.22. The summed E-state index contributed by atoms with van der Waals surface area (Å²) in [7, 11) is -1.70. The molecule has 1 rings (SSSR count). The van der Waals surface area contributed by atoms with Crippen molar-refractivity contribution in [3.05, 3.63) is 16.3 Å². The Kier molecular flexibility index (Phi) is 5.78. The minimum atomic E-state index is -3.33. The number of hydrogen-bond acceptors (Lipinski definition) is 4. The second-order valence-corrected chi connectivity index (χ2v) is 7.58. The van der Waals surface area contributed by atoms with E-state index < -0.39 is 10.0 Å². The fraction of sp³-hybridized carbons (Fsp3) is 0.667. The zero-order valence-corrected chi connectivity index (χ0v) is 13.1. The van der Waals surface area contributed by atoms with E-state index >= 15 is 0 Å². The smallest absolute Gasteiger partial charge is 0.243 e. The lowest BCUT2D eigenvalue weighted by atomic mass is 10.4. The van der Waals surface area contributed by atoms with Gasteiger partial charge in [-0.2, -0.15) is 0 Å². The van der Waals surface area contributed by atoms with Crippen LogP contribution in [0.2, 0.25) is 0 Å². The molecule has 104 valence electrons. The molecule has 0 aliphatic heterocycles. The molecule has 0 spiro atoms. The monoisotopic (exact) mass is 290 g/mol. The molecule has 0 aliphatic carbocycles. The van der Waals surface area contributed by atoms with Gasteiger partial charge in [-0.05, 0) is 17.9 Å². The molecule has 1 aromatic rings. The summed E-state index contributed by atoms with van der Waals surface area (Å²) >= 11 is 1.49. The van der Waals surface area contributed by atoms with Crippen LogP contribution in [-0.2, 0) is 16.6 Å². The molecule has 1 heterocycles. The van der Waals surface area contributed by atoms with Gasteiger partial charge in [0.2, 0.25) is 10.0 Å². The number of nitrogens with one attached hydrogen (secondary N) is 1. The van der Waals surface area contributed by atoms with Crippen LogP contribution in [0, 0.1) is 0 Å². The maximum absolute atomic E-state index is 12.4. The zero-order valence-electron chi connectivity index (χ0n) is 11.4. The maximum atomic E-state index is 12.4. The Bertz CT molecular complexity index is 466. The van der Waals surface area contributed by atoms with Crippen molar-refractivity contribution in [2.75, 3.05) is 13.6 Å². The van der Waals surface area contributed by atoms with Crippen LogP contribution in [0.15, 0.2) is 16.3 Å². The van der Waals surface area contributed by atoms with Crippen molar-refractivity contribution in [3.8, 4) is 0 Å². The van der Waals surface area contributed by atoms with Gasteiger partial charge in [-0.3, -0.25) is 0 Å². The average molecular weight is 290 g/mol. The number of sulfonamides is 1. The van der Waals surface area contributed by atoms with E-state index in [0.717, 1.165) is 11.3 Å². The van der Waals surface area contributed by atoms with Crippen LogP contribution in [-0.4, -0.2) is 32.4 Å². The van der Waals surface area contributed by atoms with E-state index in [1.807, 2.05) is 26.2 Å². The number of hydrogen-bond donors (Lipinski definition) is 1. The van der Waals surface area contributed by atoms with Crippen molar-refractivity contribution < 1.29 is 8.42 Å². The standard InChI is InChI=1S/C12H22N2O2S2/c1-5-7-14(4)18(15,16)12-6-8-17-11(12)9-13-10(2)3/h6,8,10,13H,5,7,9H2,1-4H3. The molecule has 0 fully saturated rings. The third-order valence-electron chi connectivity index (χ3n) is 2.60. The molecule has 0 saturated heterocycles. The van der Waals surface area contributed by atoms with Crippen LogP contribution >= 0.6 is 11.3 Å². The highest BCUT2D eigenvalue weighted by Gasteiger charge is 2.24.